The predicted molar refractivity (Wildman–Crippen MR) is 94.8 cm³/mol. The lowest BCUT2D eigenvalue weighted by Crippen LogP contribution is -2.14. The molecule has 3 rings (SSSR count). The SMILES string of the molecule is N#Cc1cccc(NC(=O)c2ccccc2Cc2ccccc2)c1. The van der Waals surface area contributed by atoms with E-state index in [-0.39, 0.29) is 5.91 Å². The zero-order valence-corrected chi connectivity index (χ0v) is 13.1. The van der Waals surface area contributed by atoms with Gasteiger partial charge in [-0.2, -0.15) is 5.26 Å². The first-order valence-corrected chi connectivity index (χ1v) is 7.69. The summed E-state index contributed by atoms with van der Waals surface area (Å²) in [5.41, 5.74) is 3.91. The van der Waals surface area contributed by atoms with Gasteiger partial charge in [0.2, 0.25) is 0 Å². The van der Waals surface area contributed by atoms with Crippen molar-refractivity contribution in [2.24, 2.45) is 0 Å². The predicted octanol–water partition coefficient (Wildman–Crippen LogP) is 4.40. The van der Waals surface area contributed by atoms with Gasteiger partial charge >= 0.3 is 0 Å². The van der Waals surface area contributed by atoms with Crippen molar-refractivity contribution >= 4 is 11.6 Å². The summed E-state index contributed by atoms with van der Waals surface area (Å²) in [6.45, 7) is 0. The molecule has 116 valence electrons. The van der Waals surface area contributed by atoms with Gasteiger partial charge in [0, 0.05) is 11.3 Å². The Bertz CT molecular complexity index is 895. The van der Waals surface area contributed by atoms with Crippen LogP contribution in [0.2, 0.25) is 0 Å². The molecule has 0 bridgehead atoms. The maximum Gasteiger partial charge on any atom is 0.255 e. The molecule has 3 heteroatoms. The highest BCUT2D eigenvalue weighted by atomic mass is 16.1. The zero-order chi connectivity index (χ0) is 16.8. The number of anilines is 1. The van der Waals surface area contributed by atoms with Crippen molar-refractivity contribution < 1.29 is 4.79 Å². The fraction of sp³-hybridized carbons (Fsp3) is 0.0476. The number of rotatable bonds is 4. The molecule has 0 saturated carbocycles. The van der Waals surface area contributed by atoms with Crippen LogP contribution in [0.15, 0.2) is 78.9 Å². The summed E-state index contributed by atoms with van der Waals surface area (Å²) in [6, 6.07) is 26.6. The Morgan fingerprint density at radius 3 is 2.46 bits per heavy atom. The Kier molecular flexibility index (Phi) is 4.69. The molecule has 1 N–H and O–H groups in total. The number of nitriles is 1. The van der Waals surface area contributed by atoms with E-state index in [0.717, 1.165) is 11.1 Å². The molecule has 0 radical (unpaired) electrons. The van der Waals surface area contributed by atoms with Gasteiger partial charge in [-0.15, -0.1) is 0 Å². The second-order valence-electron chi connectivity index (χ2n) is 5.47. The van der Waals surface area contributed by atoms with Gasteiger partial charge in [-0.1, -0.05) is 54.6 Å². The standard InChI is InChI=1S/C21H16N2O/c22-15-17-9-6-11-19(14-17)23-21(24)20-12-5-4-10-18(20)13-16-7-2-1-3-8-16/h1-12,14H,13H2,(H,23,24). The van der Waals surface area contributed by atoms with E-state index in [1.54, 1.807) is 24.3 Å². The molecule has 0 aliphatic rings. The van der Waals surface area contributed by atoms with Crippen LogP contribution in [0.3, 0.4) is 0 Å². The van der Waals surface area contributed by atoms with Crippen LogP contribution >= 0.6 is 0 Å². The van der Waals surface area contributed by atoms with Crippen LogP contribution in [-0.4, -0.2) is 5.91 Å². The molecule has 3 nitrogen and oxygen atoms in total. The number of carbonyl (C=O) groups is 1. The topological polar surface area (TPSA) is 52.9 Å². The molecule has 24 heavy (non-hydrogen) atoms. The van der Waals surface area contributed by atoms with Gasteiger partial charge in [0.25, 0.3) is 5.91 Å². The van der Waals surface area contributed by atoms with Crippen LogP contribution in [0.25, 0.3) is 0 Å². The van der Waals surface area contributed by atoms with Gasteiger partial charge in [-0.3, -0.25) is 4.79 Å². The minimum atomic E-state index is -0.170. The van der Waals surface area contributed by atoms with Crippen molar-refractivity contribution in [3.05, 3.63) is 101 Å². The lowest BCUT2D eigenvalue weighted by molar-refractivity contribution is 0.102. The molecular weight excluding hydrogens is 296 g/mol. The van der Waals surface area contributed by atoms with Crippen molar-refractivity contribution in [1.82, 2.24) is 0 Å². The molecule has 0 spiro atoms. The van der Waals surface area contributed by atoms with Gasteiger partial charge in [0.1, 0.15) is 0 Å². The van der Waals surface area contributed by atoms with Crippen LogP contribution in [0.5, 0.6) is 0 Å². The average molecular weight is 312 g/mol. The first-order valence-electron chi connectivity index (χ1n) is 7.69. The second-order valence-corrected chi connectivity index (χ2v) is 5.47. The minimum Gasteiger partial charge on any atom is -0.322 e. The molecule has 0 saturated heterocycles. The molecule has 0 unspecified atom stereocenters. The van der Waals surface area contributed by atoms with Crippen molar-refractivity contribution in [1.29, 1.82) is 5.26 Å². The summed E-state index contributed by atoms with van der Waals surface area (Å²) >= 11 is 0. The normalized spacial score (nSPS) is 9.96. The fourth-order valence-electron chi connectivity index (χ4n) is 2.58. The number of benzene rings is 3. The molecule has 0 aliphatic heterocycles. The van der Waals surface area contributed by atoms with E-state index in [9.17, 15) is 4.79 Å². The molecule has 3 aromatic rings. The van der Waals surface area contributed by atoms with Crippen molar-refractivity contribution in [2.75, 3.05) is 5.32 Å². The highest BCUT2D eigenvalue weighted by molar-refractivity contribution is 6.05. The van der Waals surface area contributed by atoms with E-state index in [1.807, 2.05) is 54.6 Å². The maximum atomic E-state index is 12.6. The third-order valence-corrected chi connectivity index (χ3v) is 3.75. The van der Waals surface area contributed by atoms with Crippen molar-refractivity contribution in [2.45, 2.75) is 6.42 Å². The van der Waals surface area contributed by atoms with Crippen LogP contribution < -0.4 is 5.32 Å². The lowest BCUT2D eigenvalue weighted by Gasteiger charge is -2.10. The maximum absolute atomic E-state index is 12.6. The monoisotopic (exact) mass is 312 g/mol. The van der Waals surface area contributed by atoms with E-state index in [4.69, 9.17) is 5.26 Å². The molecule has 0 atom stereocenters. The summed E-state index contributed by atoms with van der Waals surface area (Å²) in [5.74, 6) is -0.170. The average Bonchev–Trinajstić information content (AvgIpc) is 2.63. The van der Waals surface area contributed by atoms with E-state index in [2.05, 4.69) is 11.4 Å². The van der Waals surface area contributed by atoms with Gasteiger partial charge < -0.3 is 5.32 Å². The number of hydrogen-bond donors (Lipinski definition) is 1. The molecule has 0 aliphatic carbocycles. The highest BCUT2D eigenvalue weighted by Gasteiger charge is 2.11. The Balaban J connectivity index is 1.83. The lowest BCUT2D eigenvalue weighted by atomic mass is 9.99. The van der Waals surface area contributed by atoms with Gasteiger partial charge in [-0.05, 0) is 41.8 Å². The Morgan fingerprint density at radius 2 is 1.67 bits per heavy atom. The first-order chi connectivity index (χ1) is 11.8. The fourth-order valence-corrected chi connectivity index (χ4v) is 2.58. The molecule has 0 fully saturated rings. The van der Waals surface area contributed by atoms with Crippen LogP contribution in [0, 0.1) is 11.3 Å². The summed E-state index contributed by atoms with van der Waals surface area (Å²) in [4.78, 5) is 12.6. The largest absolute Gasteiger partial charge is 0.322 e. The molecular formula is C21H16N2O. The van der Waals surface area contributed by atoms with E-state index < -0.39 is 0 Å². The van der Waals surface area contributed by atoms with Gasteiger partial charge in [0.15, 0.2) is 0 Å². The number of nitrogens with one attached hydrogen (secondary N) is 1. The van der Waals surface area contributed by atoms with Crippen molar-refractivity contribution in [3.8, 4) is 6.07 Å². The van der Waals surface area contributed by atoms with Crippen molar-refractivity contribution in [3.63, 3.8) is 0 Å². The summed E-state index contributed by atoms with van der Waals surface area (Å²) < 4.78 is 0. The Morgan fingerprint density at radius 1 is 0.917 bits per heavy atom. The van der Waals surface area contributed by atoms with E-state index in [1.165, 1.54) is 0 Å². The number of amides is 1. The minimum absolute atomic E-state index is 0.170. The van der Waals surface area contributed by atoms with Crippen LogP contribution in [0.1, 0.15) is 27.0 Å². The summed E-state index contributed by atoms with van der Waals surface area (Å²) in [6.07, 6.45) is 0.697. The van der Waals surface area contributed by atoms with Gasteiger partial charge in [-0.25, -0.2) is 0 Å². The van der Waals surface area contributed by atoms with Gasteiger partial charge in [0.05, 0.1) is 11.6 Å². The number of hydrogen-bond acceptors (Lipinski definition) is 2. The van der Waals surface area contributed by atoms with E-state index in [0.29, 0.717) is 23.2 Å². The molecule has 0 heterocycles. The Labute approximate surface area is 141 Å². The molecule has 0 aromatic heterocycles. The second kappa shape index (κ2) is 7.26. The Hall–Kier alpha value is -3.38. The first kappa shape index (κ1) is 15.5. The number of nitrogens with zero attached hydrogens (tertiary/aromatic N) is 1. The number of carbonyl (C=O) groups excluding carboxylic acids is 1. The zero-order valence-electron chi connectivity index (χ0n) is 13.1. The smallest absolute Gasteiger partial charge is 0.255 e. The summed E-state index contributed by atoms with van der Waals surface area (Å²) in [7, 11) is 0. The molecule has 3 aromatic carbocycles. The quantitative estimate of drug-likeness (QED) is 0.776. The molecule has 1 amide bonds. The highest BCUT2D eigenvalue weighted by Crippen LogP contribution is 2.17. The van der Waals surface area contributed by atoms with Crippen LogP contribution in [0.4, 0.5) is 5.69 Å². The summed E-state index contributed by atoms with van der Waals surface area (Å²) in [5, 5.41) is 11.8. The van der Waals surface area contributed by atoms with E-state index >= 15 is 0 Å². The third-order valence-electron chi connectivity index (χ3n) is 3.75. The van der Waals surface area contributed by atoms with Crippen LogP contribution in [-0.2, 0) is 6.42 Å². The third kappa shape index (κ3) is 3.68.